The lowest BCUT2D eigenvalue weighted by Gasteiger charge is -2.08. The molecule has 0 spiro atoms. The number of hydrogen-bond acceptors (Lipinski definition) is 3. The van der Waals surface area contributed by atoms with Crippen LogP contribution in [0.15, 0.2) is 18.2 Å². The van der Waals surface area contributed by atoms with Crippen molar-refractivity contribution >= 4 is 22.8 Å². The summed E-state index contributed by atoms with van der Waals surface area (Å²) < 4.78 is 0. The van der Waals surface area contributed by atoms with Crippen LogP contribution in [0.3, 0.4) is 0 Å². The predicted octanol–water partition coefficient (Wildman–Crippen LogP) is 2.16. The van der Waals surface area contributed by atoms with Crippen LogP contribution in [-0.2, 0) is 4.79 Å². The van der Waals surface area contributed by atoms with E-state index >= 15 is 0 Å². The van der Waals surface area contributed by atoms with Crippen molar-refractivity contribution in [1.82, 2.24) is 9.97 Å². The minimum Gasteiger partial charge on any atom is -0.481 e. The minimum absolute atomic E-state index is 0.286. The summed E-state index contributed by atoms with van der Waals surface area (Å²) in [5, 5.41) is 8.98. The number of carboxylic acid groups (broad SMARTS) is 1. The molecule has 5 nitrogen and oxygen atoms in total. The average Bonchev–Trinajstić information content (AvgIpc) is 2.68. The highest BCUT2D eigenvalue weighted by Gasteiger charge is 2.25. The van der Waals surface area contributed by atoms with Crippen LogP contribution in [0.1, 0.15) is 29.5 Å². The summed E-state index contributed by atoms with van der Waals surface area (Å²) in [6.45, 7) is 3.52. The number of rotatable bonds is 4. The lowest BCUT2D eigenvalue weighted by Crippen LogP contribution is -2.23. The number of aromatic amines is 1. The van der Waals surface area contributed by atoms with Crippen molar-refractivity contribution < 1.29 is 14.7 Å². The summed E-state index contributed by atoms with van der Waals surface area (Å²) in [7, 11) is 0. The van der Waals surface area contributed by atoms with E-state index in [0.717, 1.165) is 16.9 Å². The molecule has 1 aromatic carbocycles. The van der Waals surface area contributed by atoms with E-state index in [4.69, 9.17) is 5.11 Å². The topological polar surface area (TPSA) is 83.0 Å². The molecule has 0 fully saturated rings. The van der Waals surface area contributed by atoms with Gasteiger partial charge in [-0.05, 0) is 31.5 Å². The van der Waals surface area contributed by atoms with Gasteiger partial charge in [-0.15, -0.1) is 0 Å². The van der Waals surface area contributed by atoms with Crippen molar-refractivity contribution in [2.45, 2.75) is 20.3 Å². The van der Waals surface area contributed by atoms with E-state index in [2.05, 4.69) is 9.97 Å². The molecule has 2 N–H and O–H groups in total. The number of benzene rings is 1. The number of aromatic nitrogens is 2. The van der Waals surface area contributed by atoms with E-state index in [1.54, 1.807) is 25.1 Å². The summed E-state index contributed by atoms with van der Waals surface area (Å²) in [4.78, 5) is 30.3. The number of ketones is 1. The Labute approximate surface area is 104 Å². The van der Waals surface area contributed by atoms with Gasteiger partial charge < -0.3 is 10.1 Å². The summed E-state index contributed by atoms with van der Waals surface area (Å²) >= 11 is 0. The Bertz CT molecular complexity index is 616. The van der Waals surface area contributed by atoms with E-state index < -0.39 is 11.9 Å². The third-order valence-electron chi connectivity index (χ3n) is 2.91. The number of carbonyl (C=O) groups excluding carboxylic acids is 1. The van der Waals surface area contributed by atoms with Gasteiger partial charge in [0.2, 0.25) is 0 Å². The van der Waals surface area contributed by atoms with E-state index in [0.29, 0.717) is 5.56 Å². The fourth-order valence-corrected chi connectivity index (χ4v) is 1.96. The van der Waals surface area contributed by atoms with Crippen molar-refractivity contribution in [2.75, 3.05) is 0 Å². The van der Waals surface area contributed by atoms with Crippen LogP contribution in [0.4, 0.5) is 0 Å². The predicted molar refractivity (Wildman–Crippen MR) is 66.6 cm³/mol. The quantitative estimate of drug-likeness (QED) is 0.639. The summed E-state index contributed by atoms with van der Waals surface area (Å²) in [5.74, 6) is -1.66. The Morgan fingerprint density at radius 1 is 1.44 bits per heavy atom. The van der Waals surface area contributed by atoms with Crippen molar-refractivity contribution in [3.8, 4) is 0 Å². The minimum atomic E-state index is -1.08. The molecule has 94 valence electrons. The number of carboxylic acids is 1. The zero-order chi connectivity index (χ0) is 13.3. The number of carbonyl (C=O) groups is 2. The van der Waals surface area contributed by atoms with Gasteiger partial charge in [0.15, 0.2) is 5.78 Å². The Kier molecular flexibility index (Phi) is 3.14. The maximum atomic E-state index is 12.1. The SMILES string of the molecule is CCC(C(=O)O)C(=O)c1ccc2nc(C)[nH]c2c1. The molecule has 5 heteroatoms. The second-order valence-corrected chi connectivity index (χ2v) is 4.22. The first-order valence-electron chi connectivity index (χ1n) is 5.76. The molecule has 1 heterocycles. The van der Waals surface area contributed by atoms with Crippen LogP contribution >= 0.6 is 0 Å². The maximum absolute atomic E-state index is 12.1. The number of hydrogen-bond donors (Lipinski definition) is 2. The van der Waals surface area contributed by atoms with Gasteiger partial charge in [-0.3, -0.25) is 9.59 Å². The molecule has 0 saturated heterocycles. The van der Waals surface area contributed by atoms with Crippen molar-refractivity contribution in [2.24, 2.45) is 5.92 Å². The number of fused-ring (bicyclic) bond motifs is 1. The van der Waals surface area contributed by atoms with Gasteiger partial charge in [0.25, 0.3) is 0 Å². The Morgan fingerprint density at radius 2 is 2.17 bits per heavy atom. The number of Topliss-reactive ketones (excluding diaryl/α,β-unsaturated/α-hetero) is 1. The van der Waals surface area contributed by atoms with Gasteiger partial charge in [0.1, 0.15) is 11.7 Å². The lowest BCUT2D eigenvalue weighted by molar-refractivity contribution is -0.140. The molecule has 1 unspecified atom stereocenters. The molecule has 0 radical (unpaired) electrons. The molecule has 2 aromatic rings. The van der Waals surface area contributed by atoms with Gasteiger partial charge in [0.05, 0.1) is 11.0 Å². The first-order valence-corrected chi connectivity index (χ1v) is 5.76. The molecule has 0 bridgehead atoms. The molecule has 1 aromatic heterocycles. The monoisotopic (exact) mass is 246 g/mol. The van der Waals surface area contributed by atoms with Crippen LogP contribution in [0.5, 0.6) is 0 Å². The van der Waals surface area contributed by atoms with Gasteiger partial charge in [0, 0.05) is 5.56 Å². The molecule has 2 rings (SSSR count). The standard InChI is InChI=1S/C13H14N2O3/c1-3-9(13(17)18)12(16)8-4-5-10-11(6-8)15-7(2)14-10/h4-6,9H,3H2,1-2H3,(H,14,15)(H,17,18). The van der Waals surface area contributed by atoms with Crippen LogP contribution in [-0.4, -0.2) is 26.8 Å². The second-order valence-electron chi connectivity index (χ2n) is 4.22. The van der Waals surface area contributed by atoms with Crippen molar-refractivity contribution in [1.29, 1.82) is 0 Å². The fourth-order valence-electron chi connectivity index (χ4n) is 1.96. The first kappa shape index (κ1) is 12.3. The molecule has 1 atom stereocenters. The molecule has 0 aliphatic carbocycles. The fraction of sp³-hybridized carbons (Fsp3) is 0.308. The number of nitrogens with one attached hydrogen (secondary N) is 1. The number of aliphatic carboxylic acids is 1. The summed E-state index contributed by atoms with van der Waals surface area (Å²) in [6, 6.07) is 5.00. The van der Waals surface area contributed by atoms with Crippen LogP contribution < -0.4 is 0 Å². The molecule has 18 heavy (non-hydrogen) atoms. The zero-order valence-corrected chi connectivity index (χ0v) is 10.2. The summed E-state index contributed by atoms with van der Waals surface area (Å²) in [5.41, 5.74) is 1.92. The zero-order valence-electron chi connectivity index (χ0n) is 10.2. The normalized spacial score (nSPS) is 12.6. The number of nitrogens with zero attached hydrogens (tertiary/aromatic N) is 1. The van der Waals surface area contributed by atoms with E-state index in [-0.39, 0.29) is 12.2 Å². The van der Waals surface area contributed by atoms with Gasteiger partial charge >= 0.3 is 5.97 Å². The molecule has 0 amide bonds. The van der Waals surface area contributed by atoms with E-state index in [1.807, 2.05) is 6.92 Å². The Hall–Kier alpha value is -2.17. The Balaban J connectivity index is 2.41. The summed E-state index contributed by atoms with van der Waals surface area (Å²) in [6.07, 6.45) is 0.286. The molecular weight excluding hydrogens is 232 g/mol. The van der Waals surface area contributed by atoms with Crippen LogP contribution in [0, 0.1) is 12.8 Å². The van der Waals surface area contributed by atoms with Gasteiger partial charge in [-0.25, -0.2) is 4.98 Å². The van der Waals surface area contributed by atoms with Gasteiger partial charge in [-0.1, -0.05) is 6.92 Å². The van der Waals surface area contributed by atoms with Crippen molar-refractivity contribution in [3.63, 3.8) is 0 Å². The third kappa shape index (κ3) is 2.11. The second kappa shape index (κ2) is 4.60. The van der Waals surface area contributed by atoms with Gasteiger partial charge in [-0.2, -0.15) is 0 Å². The highest BCUT2D eigenvalue weighted by molar-refractivity contribution is 6.09. The van der Waals surface area contributed by atoms with E-state index in [1.165, 1.54) is 0 Å². The third-order valence-corrected chi connectivity index (χ3v) is 2.91. The molecule has 0 aliphatic heterocycles. The smallest absolute Gasteiger partial charge is 0.314 e. The van der Waals surface area contributed by atoms with Crippen LogP contribution in [0.25, 0.3) is 11.0 Å². The first-order chi connectivity index (χ1) is 8.52. The molecule has 0 saturated carbocycles. The average molecular weight is 246 g/mol. The Morgan fingerprint density at radius 3 is 2.78 bits per heavy atom. The molecule has 0 aliphatic rings. The largest absolute Gasteiger partial charge is 0.481 e. The van der Waals surface area contributed by atoms with Crippen molar-refractivity contribution in [3.05, 3.63) is 29.6 Å². The van der Waals surface area contributed by atoms with E-state index in [9.17, 15) is 9.59 Å². The maximum Gasteiger partial charge on any atom is 0.314 e. The number of H-pyrrole nitrogens is 1. The number of imidazole rings is 1. The number of aryl methyl sites for hydroxylation is 1. The highest BCUT2D eigenvalue weighted by Crippen LogP contribution is 2.18. The molecular formula is C13H14N2O3. The van der Waals surface area contributed by atoms with Crippen LogP contribution in [0.2, 0.25) is 0 Å². The lowest BCUT2D eigenvalue weighted by atomic mass is 9.95. The highest BCUT2D eigenvalue weighted by atomic mass is 16.4.